The first-order valence-corrected chi connectivity index (χ1v) is 5.41. The first-order valence-electron chi connectivity index (χ1n) is 4.19. The van der Waals surface area contributed by atoms with E-state index in [0.29, 0.717) is 10.5 Å². The van der Waals surface area contributed by atoms with Crippen LogP contribution in [0.3, 0.4) is 0 Å². The highest BCUT2D eigenvalue weighted by atomic mass is 32.2. The molecule has 0 fully saturated rings. The number of amides is 1. The molecule has 4 heteroatoms. The highest BCUT2D eigenvalue weighted by molar-refractivity contribution is 7.98. The fraction of sp³-hybridized carbons (Fsp3) is 0.300. The van der Waals surface area contributed by atoms with Crippen molar-refractivity contribution >= 4 is 17.7 Å². The average Bonchev–Trinajstić information content (AvgIpc) is 2.16. The Hall–Kier alpha value is -1.03. The second-order valence-electron chi connectivity index (χ2n) is 3.02. The predicted octanol–water partition coefficient (Wildman–Crippen LogP) is 2.14. The highest BCUT2D eigenvalue weighted by Crippen LogP contribution is 2.23. The van der Waals surface area contributed by atoms with E-state index in [-0.39, 0.29) is 5.82 Å². The number of carbonyl (C=O) groups excluding carboxylic acids is 1. The minimum absolute atomic E-state index is 0.303. The summed E-state index contributed by atoms with van der Waals surface area (Å²) < 4.78 is 13.3. The van der Waals surface area contributed by atoms with Gasteiger partial charge < -0.3 is 5.73 Å². The Bertz CT molecular complexity index is 354. The minimum Gasteiger partial charge on any atom is -0.369 e. The third kappa shape index (κ3) is 2.26. The van der Waals surface area contributed by atoms with Crippen molar-refractivity contribution in [2.75, 3.05) is 6.26 Å². The summed E-state index contributed by atoms with van der Waals surface area (Å²) in [6, 6.07) is 4.75. The summed E-state index contributed by atoms with van der Waals surface area (Å²) in [5.41, 5.74) is 5.74. The molecule has 0 heterocycles. The fourth-order valence-electron chi connectivity index (χ4n) is 1.12. The van der Waals surface area contributed by atoms with E-state index in [4.69, 9.17) is 5.73 Å². The van der Waals surface area contributed by atoms with Crippen LogP contribution in [0, 0.1) is 5.82 Å². The lowest BCUT2D eigenvalue weighted by Crippen LogP contribution is -2.18. The molecule has 0 aliphatic rings. The lowest BCUT2D eigenvalue weighted by Gasteiger charge is -2.08. The Balaban J connectivity index is 3.02. The van der Waals surface area contributed by atoms with E-state index >= 15 is 0 Å². The molecule has 1 atom stereocenters. The van der Waals surface area contributed by atoms with E-state index in [9.17, 15) is 9.18 Å². The Morgan fingerprint density at radius 1 is 1.57 bits per heavy atom. The average molecular weight is 213 g/mol. The minimum atomic E-state index is -0.444. The molecule has 14 heavy (non-hydrogen) atoms. The number of primary amides is 1. The van der Waals surface area contributed by atoms with Gasteiger partial charge in [0.15, 0.2) is 0 Å². The monoisotopic (exact) mass is 213 g/mol. The molecule has 1 rings (SSSR count). The molecule has 76 valence electrons. The molecule has 1 aromatic rings. The molecule has 2 N–H and O–H groups in total. The molecule has 0 bridgehead atoms. The summed E-state index contributed by atoms with van der Waals surface area (Å²) >= 11 is 1.33. The van der Waals surface area contributed by atoms with Gasteiger partial charge in [0.1, 0.15) is 5.82 Å². The maximum Gasteiger partial charge on any atom is 0.224 e. The van der Waals surface area contributed by atoms with Crippen molar-refractivity contribution in [3.8, 4) is 0 Å². The molecule has 1 unspecified atom stereocenters. The summed E-state index contributed by atoms with van der Waals surface area (Å²) in [6.45, 7) is 1.66. The van der Waals surface area contributed by atoms with E-state index in [2.05, 4.69) is 0 Å². The van der Waals surface area contributed by atoms with Crippen LogP contribution in [0.25, 0.3) is 0 Å². The first kappa shape index (κ1) is 11.0. The van der Waals surface area contributed by atoms with Crippen LogP contribution in [0.1, 0.15) is 18.4 Å². The van der Waals surface area contributed by atoms with Gasteiger partial charge in [-0.2, -0.15) is 0 Å². The molecule has 0 saturated heterocycles. The summed E-state index contributed by atoms with van der Waals surface area (Å²) in [6.07, 6.45) is 1.80. The number of thioether (sulfide) groups is 1. The van der Waals surface area contributed by atoms with Gasteiger partial charge in [-0.1, -0.05) is 6.07 Å². The summed E-state index contributed by atoms with van der Waals surface area (Å²) in [5, 5.41) is 0. The van der Waals surface area contributed by atoms with Crippen LogP contribution in [0.5, 0.6) is 0 Å². The summed E-state index contributed by atoms with van der Waals surface area (Å²) in [5.74, 6) is -1.19. The van der Waals surface area contributed by atoms with E-state index in [1.807, 2.05) is 0 Å². The van der Waals surface area contributed by atoms with Crippen molar-refractivity contribution in [3.05, 3.63) is 29.6 Å². The maximum atomic E-state index is 13.3. The van der Waals surface area contributed by atoms with Gasteiger partial charge in [0.2, 0.25) is 5.91 Å². The van der Waals surface area contributed by atoms with Crippen LogP contribution < -0.4 is 5.73 Å². The SMILES string of the molecule is CSc1ccc(C(C)C(N)=O)cc1F. The zero-order valence-electron chi connectivity index (χ0n) is 8.08. The molecule has 0 aliphatic heterocycles. The fourth-order valence-corrected chi connectivity index (χ4v) is 1.57. The van der Waals surface area contributed by atoms with Crippen LogP contribution in [-0.2, 0) is 4.79 Å². The van der Waals surface area contributed by atoms with Gasteiger partial charge in [-0.15, -0.1) is 11.8 Å². The van der Waals surface area contributed by atoms with Crippen LogP contribution in [0.15, 0.2) is 23.1 Å². The highest BCUT2D eigenvalue weighted by Gasteiger charge is 2.13. The largest absolute Gasteiger partial charge is 0.369 e. The lowest BCUT2D eigenvalue weighted by atomic mass is 10.0. The lowest BCUT2D eigenvalue weighted by molar-refractivity contribution is -0.119. The van der Waals surface area contributed by atoms with Gasteiger partial charge in [-0.3, -0.25) is 4.79 Å². The molecule has 0 aliphatic carbocycles. The molecule has 1 amide bonds. The first-order chi connectivity index (χ1) is 6.56. The zero-order chi connectivity index (χ0) is 10.7. The number of carbonyl (C=O) groups is 1. The quantitative estimate of drug-likeness (QED) is 0.782. The number of rotatable bonds is 3. The van der Waals surface area contributed by atoms with Crippen LogP contribution >= 0.6 is 11.8 Å². The molecular formula is C10H12FNOS. The van der Waals surface area contributed by atoms with Crippen molar-refractivity contribution in [2.24, 2.45) is 5.73 Å². The Labute approximate surface area is 86.7 Å². The maximum absolute atomic E-state index is 13.3. The van der Waals surface area contributed by atoms with Crippen LogP contribution in [0.2, 0.25) is 0 Å². The van der Waals surface area contributed by atoms with E-state index in [1.54, 1.807) is 25.3 Å². The number of hydrogen-bond acceptors (Lipinski definition) is 2. The Kier molecular flexibility index (Phi) is 3.52. The molecule has 0 radical (unpaired) electrons. The van der Waals surface area contributed by atoms with Crippen molar-refractivity contribution in [2.45, 2.75) is 17.7 Å². The third-order valence-corrected chi connectivity index (χ3v) is 2.87. The molecule has 1 aromatic carbocycles. The normalized spacial score (nSPS) is 12.5. The van der Waals surface area contributed by atoms with Crippen LogP contribution in [0.4, 0.5) is 4.39 Å². The second kappa shape index (κ2) is 4.46. The standard InChI is InChI=1S/C10H12FNOS/c1-6(10(12)13)7-3-4-9(14-2)8(11)5-7/h3-6H,1-2H3,(H2,12,13). The molecule has 0 aromatic heterocycles. The predicted molar refractivity (Wildman–Crippen MR) is 55.8 cm³/mol. The van der Waals surface area contributed by atoms with Crippen LogP contribution in [-0.4, -0.2) is 12.2 Å². The summed E-state index contributed by atoms with van der Waals surface area (Å²) in [7, 11) is 0. The molecule has 0 saturated carbocycles. The second-order valence-corrected chi connectivity index (χ2v) is 3.87. The van der Waals surface area contributed by atoms with Gasteiger partial charge in [-0.05, 0) is 30.9 Å². The summed E-state index contributed by atoms with van der Waals surface area (Å²) in [4.78, 5) is 11.4. The van der Waals surface area contributed by atoms with Gasteiger partial charge in [0, 0.05) is 4.90 Å². The molecule has 0 spiro atoms. The number of hydrogen-bond donors (Lipinski definition) is 1. The molecule has 2 nitrogen and oxygen atoms in total. The van der Waals surface area contributed by atoms with E-state index < -0.39 is 11.8 Å². The van der Waals surface area contributed by atoms with Crippen molar-refractivity contribution in [3.63, 3.8) is 0 Å². The van der Waals surface area contributed by atoms with Gasteiger partial charge in [0.05, 0.1) is 5.92 Å². The number of benzene rings is 1. The third-order valence-electron chi connectivity index (χ3n) is 2.10. The van der Waals surface area contributed by atoms with Gasteiger partial charge in [0.25, 0.3) is 0 Å². The Morgan fingerprint density at radius 3 is 2.64 bits per heavy atom. The van der Waals surface area contributed by atoms with Crippen molar-refractivity contribution in [1.29, 1.82) is 0 Å². The van der Waals surface area contributed by atoms with E-state index in [1.165, 1.54) is 17.8 Å². The number of nitrogens with two attached hydrogens (primary N) is 1. The number of halogens is 1. The topological polar surface area (TPSA) is 43.1 Å². The van der Waals surface area contributed by atoms with Gasteiger partial charge in [-0.25, -0.2) is 4.39 Å². The van der Waals surface area contributed by atoms with E-state index in [0.717, 1.165) is 0 Å². The molecular weight excluding hydrogens is 201 g/mol. The van der Waals surface area contributed by atoms with Crippen molar-refractivity contribution in [1.82, 2.24) is 0 Å². The van der Waals surface area contributed by atoms with Crippen molar-refractivity contribution < 1.29 is 9.18 Å². The van der Waals surface area contributed by atoms with Gasteiger partial charge >= 0.3 is 0 Å². The smallest absolute Gasteiger partial charge is 0.224 e. The zero-order valence-corrected chi connectivity index (χ0v) is 8.90. The Morgan fingerprint density at radius 2 is 2.21 bits per heavy atom.